The summed E-state index contributed by atoms with van der Waals surface area (Å²) in [4.78, 5) is 18.2. The number of ether oxygens (including phenoxy) is 3. The van der Waals surface area contributed by atoms with E-state index in [9.17, 15) is 4.79 Å². The monoisotopic (exact) mass is 416 g/mol. The summed E-state index contributed by atoms with van der Waals surface area (Å²) in [6.07, 6.45) is 2.01. The average Bonchev–Trinajstić information content (AvgIpc) is 2.79. The van der Waals surface area contributed by atoms with E-state index in [0.717, 1.165) is 36.0 Å². The van der Waals surface area contributed by atoms with Crippen LogP contribution >= 0.6 is 11.8 Å². The van der Waals surface area contributed by atoms with Crippen LogP contribution in [0.15, 0.2) is 47.4 Å². The van der Waals surface area contributed by atoms with Crippen LogP contribution in [0.3, 0.4) is 0 Å². The maximum Gasteiger partial charge on any atom is 0.257 e. The Morgan fingerprint density at radius 2 is 1.66 bits per heavy atom. The van der Waals surface area contributed by atoms with Gasteiger partial charge >= 0.3 is 0 Å². The minimum absolute atomic E-state index is 0.0311. The number of nitrogens with zero attached hydrogens (tertiary/aromatic N) is 2. The number of hydrogen-bond donors (Lipinski definition) is 0. The molecule has 0 N–H and O–H groups in total. The summed E-state index contributed by atoms with van der Waals surface area (Å²) in [7, 11) is 3.26. The topological polar surface area (TPSA) is 51.2 Å². The molecule has 1 fully saturated rings. The number of methoxy groups -OCH3 is 2. The van der Waals surface area contributed by atoms with Crippen LogP contribution in [-0.4, -0.2) is 75.5 Å². The number of benzene rings is 2. The lowest BCUT2D eigenvalue weighted by molar-refractivity contribution is 0.0617. The molecule has 6 nitrogen and oxygen atoms in total. The number of hydrogen-bond acceptors (Lipinski definition) is 6. The molecule has 0 spiro atoms. The van der Waals surface area contributed by atoms with Crippen molar-refractivity contribution < 1.29 is 19.0 Å². The van der Waals surface area contributed by atoms with Gasteiger partial charge in [0, 0.05) is 37.6 Å². The third-order valence-electron chi connectivity index (χ3n) is 5.03. The Hall–Kier alpha value is -2.38. The summed E-state index contributed by atoms with van der Waals surface area (Å²) in [5.41, 5.74) is 0.626. The van der Waals surface area contributed by atoms with E-state index in [-0.39, 0.29) is 5.91 Å². The molecular formula is C22H28N2O4S. The number of thioether (sulfide) groups is 1. The highest BCUT2D eigenvalue weighted by atomic mass is 32.2. The van der Waals surface area contributed by atoms with Gasteiger partial charge in [-0.2, -0.15) is 0 Å². The van der Waals surface area contributed by atoms with Gasteiger partial charge in [0.2, 0.25) is 0 Å². The number of rotatable bonds is 8. The smallest absolute Gasteiger partial charge is 0.257 e. The Labute approximate surface area is 176 Å². The number of carbonyl (C=O) groups is 1. The van der Waals surface area contributed by atoms with Gasteiger partial charge in [0.15, 0.2) is 0 Å². The molecule has 0 aliphatic carbocycles. The molecule has 0 radical (unpaired) electrons. The molecule has 0 unspecified atom stereocenters. The van der Waals surface area contributed by atoms with Gasteiger partial charge in [0.25, 0.3) is 5.91 Å². The van der Waals surface area contributed by atoms with Gasteiger partial charge in [-0.05, 0) is 48.7 Å². The average molecular weight is 417 g/mol. The van der Waals surface area contributed by atoms with Crippen molar-refractivity contribution in [2.75, 3.05) is 59.8 Å². The predicted octanol–water partition coefficient (Wildman–Crippen LogP) is 3.26. The second-order valence-electron chi connectivity index (χ2n) is 6.72. The van der Waals surface area contributed by atoms with Crippen LogP contribution < -0.4 is 14.2 Å². The van der Waals surface area contributed by atoms with Gasteiger partial charge < -0.3 is 19.1 Å². The quantitative estimate of drug-likeness (QED) is 0.616. The molecule has 0 atom stereocenters. The summed E-state index contributed by atoms with van der Waals surface area (Å²) in [5, 5.41) is 0. The molecule has 1 saturated heterocycles. The van der Waals surface area contributed by atoms with E-state index in [1.165, 1.54) is 0 Å². The molecule has 156 valence electrons. The van der Waals surface area contributed by atoms with Crippen molar-refractivity contribution in [1.29, 1.82) is 0 Å². The van der Waals surface area contributed by atoms with Gasteiger partial charge in [0.05, 0.1) is 19.8 Å². The van der Waals surface area contributed by atoms with Crippen LogP contribution in [-0.2, 0) is 0 Å². The Morgan fingerprint density at radius 3 is 2.28 bits per heavy atom. The predicted molar refractivity (Wildman–Crippen MR) is 116 cm³/mol. The van der Waals surface area contributed by atoms with E-state index < -0.39 is 0 Å². The second kappa shape index (κ2) is 10.4. The zero-order chi connectivity index (χ0) is 20.6. The van der Waals surface area contributed by atoms with Crippen molar-refractivity contribution in [3.05, 3.63) is 48.0 Å². The third-order valence-corrected chi connectivity index (χ3v) is 5.76. The first-order valence-corrected chi connectivity index (χ1v) is 10.9. The summed E-state index contributed by atoms with van der Waals surface area (Å²) in [6.45, 7) is 4.53. The Balaban J connectivity index is 1.46. The molecular weight excluding hydrogens is 388 g/mol. The Morgan fingerprint density at radius 1 is 0.966 bits per heavy atom. The normalized spacial score (nSPS) is 14.5. The van der Waals surface area contributed by atoms with Crippen molar-refractivity contribution in [3.8, 4) is 17.2 Å². The lowest BCUT2D eigenvalue weighted by atomic mass is 10.1. The Kier molecular flexibility index (Phi) is 7.66. The van der Waals surface area contributed by atoms with Crippen molar-refractivity contribution >= 4 is 17.7 Å². The highest BCUT2D eigenvalue weighted by Crippen LogP contribution is 2.26. The van der Waals surface area contributed by atoms with Gasteiger partial charge in [-0.3, -0.25) is 9.69 Å². The van der Waals surface area contributed by atoms with Gasteiger partial charge in [-0.15, -0.1) is 11.8 Å². The zero-order valence-electron chi connectivity index (χ0n) is 17.2. The second-order valence-corrected chi connectivity index (χ2v) is 7.60. The fourth-order valence-corrected chi connectivity index (χ4v) is 3.71. The van der Waals surface area contributed by atoms with E-state index in [0.29, 0.717) is 31.0 Å². The highest BCUT2D eigenvalue weighted by Gasteiger charge is 2.24. The first kappa shape index (κ1) is 21.3. The van der Waals surface area contributed by atoms with Gasteiger partial charge in [-0.1, -0.05) is 0 Å². The van der Waals surface area contributed by atoms with Gasteiger partial charge in [0.1, 0.15) is 23.9 Å². The molecule has 2 aromatic carbocycles. The molecule has 29 heavy (non-hydrogen) atoms. The zero-order valence-corrected chi connectivity index (χ0v) is 18.0. The van der Waals surface area contributed by atoms with Crippen LogP contribution in [0.4, 0.5) is 0 Å². The maximum atomic E-state index is 12.9. The van der Waals surface area contributed by atoms with E-state index in [1.54, 1.807) is 26.0 Å². The molecule has 0 saturated carbocycles. The van der Waals surface area contributed by atoms with Crippen LogP contribution in [0.5, 0.6) is 17.2 Å². The molecule has 1 heterocycles. The molecule has 1 aliphatic rings. The standard InChI is InChI=1S/C22H28N2O4S/c1-26-17-4-6-18(7-5-17)28-15-14-23-10-12-24(13-11-23)22(25)20-9-8-19(29-3)16-21(20)27-2/h4-9,16H,10-15H2,1-3H3. The fraction of sp³-hybridized carbons (Fsp3) is 0.409. The van der Waals surface area contributed by atoms with Crippen LogP contribution in [0.2, 0.25) is 0 Å². The lowest BCUT2D eigenvalue weighted by Gasteiger charge is -2.34. The van der Waals surface area contributed by atoms with Crippen LogP contribution in [0.1, 0.15) is 10.4 Å². The van der Waals surface area contributed by atoms with E-state index in [2.05, 4.69) is 4.90 Å². The number of carbonyl (C=O) groups excluding carboxylic acids is 1. The summed E-state index contributed by atoms with van der Waals surface area (Å²) < 4.78 is 16.4. The molecule has 3 rings (SSSR count). The molecule has 7 heteroatoms. The summed E-state index contributed by atoms with van der Waals surface area (Å²) in [6, 6.07) is 13.3. The van der Waals surface area contributed by atoms with Gasteiger partial charge in [-0.25, -0.2) is 0 Å². The maximum absolute atomic E-state index is 12.9. The lowest BCUT2D eigenvalue weighted by Crippen LogP contribution is -2.49. The summed E-state index contributed by atoms with van der Waals surface area (Å²) in [5.74, 6) is 2.32. The highest BCUT2D eigenvalue weighted by molar-refractivity contribution is 7.98. The molecule has 2 aromatic rings. The minimum Gasteiger partial charge on any atom is -0.497 e. The first-order chi connectivity index (χ1) is 14.1. The number of piperazine rings is 1. The molecule has 1 aliphatic heterocycles. The largest absolute Gasteiger partial charge is 0.497 e. The van der Waals surface area contributed by atoms with Crippen LogP contribution in [0, 0.1) is 0 Å². The fourth-order valence-electron chi connectivity index (χ4n) is 3.28. The van der Waals surface area contributed by atoms with Crippen LogP contribution in [0.25, 0.3) is 0 Å². The Bertz CT molecular complexity index is 805. The van der Waals surface area contributed by atoms with Crippen molar-refractivity contribution in [2.24, 2.45) is 0 Å². The van der Waals surface area contributed by atoms with Crippen molar-refractivity contribution in [2.45, 2.75) is 4.90 Å². The van der Waals surface area contributed by atoms with Crippen molar-refractivity contribution in [1.82, 2.24) is 9.80 Å². The molecule has 0 bridgehead atoms. The number of amides is 1. The van der Waals surface area contributed by atoms with E-state index in [1.807, 2.05) is 53.6 Å². The minimum atomic E-state index is 0.0311. The summed E-state index contributed by atoms with van der Waals surface area (Å²) >= 11 is 1.63. The molecule has 0 aromatic heterocycles. The van der Waals surface area contributed by atoms with E-state index in [4.69, 9.17) is 14.2 Å². The SMILES string of the molecule is COc1ccc(OCCN2CCN(C(=O)c3ccc(SC)cc3OC)CC2)cc1. The third kappa shape index (κ3) is 5.58. The first-order valence-electron chi connectivity index (χ1n) is 9.65. The van der Waals surface area contributed by atoms with Crippen molar-refractivity contribution in [3.63, 3.8) is 0 Å². The molecule has 1 amide bonds. The van der Waals surface area contributed by atoms with E-state index >= 15 is 0 Å².